The van der Waals surface area contributed by atoms with Crippen molar-refractivity contribution in [1.29, 1.82) is 0 Å². The van der Waals surface area contributed by atoms with Gasteiger partial charge in [0.25, 0.3) is 0 Å². The van der Waals surface area contributed by atoms with Gasteiger partial charge in [-0.3, -0.25) is 4.79 Å². The number of carbonyl (C=O) groups is 1. The zero-order valence-corrected chi connectivity index (χ0v) is 15.3. The number of ketones is 1. The Labute approximate surface area is 156 Å². The second kappa shape index (κ2) is 7.42. The molecule has 0 radical (unpaired) electrons. The van der Waals surface area contributed by atoms with Crippen molar-refractivity contribution in [1.82, 2.24) is 0 Å². The molecule has 0 bridgehead atoms. The number of thiophene rings is 1. The maximum absolute atomic E-state index is 13.1. The number of Topliss-reactive ketones (excluding diaryl/α,β-unsaturated/α-hetero) is 1. The minimum Gasteiger partial charge on any atom is -0.294 e. The Morgan fingerprint density at radius 3 is 2.32 bits per heavy atom. The van der Waals surface area contributed by atoms with Crippen LogP contribution in [0.1, 0.15) is 27.4 Å². The van der Waals surface area contributed by atoms with Gasteiger partial charge in [-0.1, -0.05) is 66.7 Å². The van der Waals surface area contributed by atoms with Crippen molar-refractivity contribution >= 4 is 33.8 Å². The van der Waals surface area contributed by atoms with Crippen molar-refractivity contribution in [3.05, 3.63) is 100 Å². The van der Waals surface area contributed by atoms with Gasteiger partial charge in [0.2, 0.25) is 0 Å². The van der Waals surface area contributed by atoms with Gasteiger partial charge >= 0.3 is 0 Å². The fourth-order valence-corrected chi connectivity index (χ4v) is 5.16. The van der Waals surface area contributed by atoms with E-state index in [0.29, 0.717) is 0 Å². The lowest BCUT2D eigenvalue weighted by molar-refractivity contribution is 0.0924. The minimum absolute atomic E-state index is 0.0190. The van der Waals surface area contributed by atoms with E-state index < -0.39 is 0 Å². The molecule has 0 saturated carbocycles. The maximum atomic E-state index is 13.1. The summed E-state index contributed by atoms with van der Waals surface area (Å²) in [5.74, 6) is 1.17. The van der Waals surface area contributed by atoms with E-state index in [4.69, 9.17) is 0 Å². The van der Waals surface area contributed by atoms with Crippen molar-refractivity contribution in [2.75, 3.05) is 5.75 Å². The standard InChI is InChI=1S/C22H18OS2/c23-22(18-11-12-24-14-18)20-15-25-21(17-9-5-2-6-10-17)13-19(20)16-7-3-1-4-8-16/h1-14,19-20H,15H2. The van der Waals surface area contributed by atoms with Gasteiger partial charge in [-0.2, -0.15) is 11.3 Å². The molecule has 1 aliphatic rings. The van der Waals surface area contributed by atoms with Gasteiger partial charge in [0.15, 0.2) is 5.78 Å². The molecular weight excluding hydrogens is 344 g/mol. The monoisotopic (exact) mass is 362 g/mol. The average Bonchev–Trinajstić information content (AvgIpc) is 3.23. The number of rotatable bonds is 4. The van der Waals surface area contributed by atoms with E-state index in [9.17, 15) is 4.79 Å². The predicted molar refractivity (Wildman–Crippen MR) is 108 cm³/mol. The highest BCUT2D eigenvalue weighted by Crippen LogP contribution is 2.43. The maximum Gasteiger partial charge on any atom is 0.168 e. The Bertz CT molecular complexity index is 867. The van der Waals surface area contributed by atoms with Crippen molar-refractivity contribution in [3.63, 3.8) is 0 Å². The van der Waals surface area contributed by atoms with Crippen LogP contribution in [-0.2, 0) is 0 Å². The summed E-state index contributed by atoms with van der Waals surface area (Å²) in [4.78, 5) is 14.3. The summed E-state index contributed by atoms with van der Waals surface area (Å²) >= 11 is 3.38. The zero-order chi connectivity index (χ0) is 17.1. The summed E-state index contributed by atoms with van der Waals surface area (Å²) in [6, 6.07) is 22.8. The van der Waals surface area contributed by atoms with Crippen LogP contribution in [0.2, 0.25) is 0 Å². The molecule has 2 atom stereocenters. The van der Waals surface area contributed by atoms with E-state index in [0.717, 1.165) is 11.3 Å². The number of benzene rings is 2. The molecule has 124 valence electrons. The quantitative estimate of drug-likeness (QED) is 0.520. The highest BCUT2D eigenvalue weighted by Gasteiger charge is 2.33. The molecule has 0 saturated heterocycles. The molecule has 3 heteroatoms. The lowest BCUT2D eigenvalue weighted by Gasteiger charge is -2.29. The number of hydrogen-bond acceptors (Lipinski definition) is 3. The van der Waals surface area contributed by atoms with Crippen molar-refractivity contribution in [3.8, 4) is 0 Å². The third kappa shape index (κ3) is 3.48. The molecule has 1 aliphatic heterocycles. The molecule has 2 aromatic carbocycles. The van der Waals surface area contributed by atoms with E-state index in [1.807, 2.05) is 29.0 Å². The first-order valence-electron chi connectivity index (χ1n) is 8.34. The second-order valence-electron chi connectivity index (χ2n) is 6.13. The molecule has 1 aromatic heterocycles. The van der Waals surface area contributed by atoms with Gasteiger partial charge in [0, 0.05) is 33.4 Å². The summed E-state index contributed by atoms with van der Waals surface area (Å²) in [5, 5.41) is 3.94. The van der Waals surface area contributed by atoms with Crippen LogP contribution in [0, 0.1) is 5.92 Å². The number of carbonyl (C=O) groups excluding carboxylic acids is 1. The molecule has 0 amide bonds. The van der Waals surface area contributed by atoms with Gasteiger partial charge in [-0.05, 0) is 22.6 Å². The highest BCUT2D eigenvalue weighted by atomic mass is 32.2. The third-order valence-electron chi connectivity index (χ3n) is 4.57. The summed E-state index contributed by atoms with van der Waals surface area (Å²) in [7, 11) is 0. The third-order valence-corrected chi connectivity index (χ3v) is 6.46. The summed E-state index contributed by atoms with van der Waals surface area (Å²) < 4.78 is 0. The van der Waals surface area contributed by atoms with Crippen LogP contribution < -0.4 is 0 Å². The molecule has 0 spiro atoms. The molecule has 0 fully saturated rings. The second-order valence-corrected chi connectivity index (χ2v) is 7.97. The van der Waals surface area contributed by atoms with Gasteiger partial charge in [0.05, 0.1) is 0 Å². The van der Waals surface area contributed by atoms with E-state index >= 15 is 0 Å². The molecule has 2 unspecified atom stereocenters. The van der Waals surface area contributed by atoms with E-state index in [-0.39, 0.29) is 17.6 Å². The van der Waals surface area contributed by atoms with Crippen LogP contribution in [0.15, 0.2) is 83.6 Å². The molecule has 2 heterocycles. The van der Waals surface area contributed by atoms with Gasteiger partial charge in [0.1, 0.15) is 0 Å². The van der Waals surface area contributed by atoms with Crippen LogP contribution in [0.4, 0.5) is 0 Å². The number of allylic oxidation sites excluding steroid dienone is 1. The SMILES string of the molecule is O=C(c1ccsc1)C1CSC(c2ccccc2)=CC1c1ccccc1. The highest BCUT2D eigenvalue weighted by molar-refractivity contribution is 8.08. The smallest absolute Gasteiger partial charge is 0.168 e. The normalized spacial score (nSPS) is 20.1. The summed E-state index contributed by atoms with van der Waals surface area (Å²) in [5.41, 5.74) is 3.28. The fourth-order valence-electron chi connectivity index (χ4n) is 3.25. The van der Waals surface area contributed by atoms with Crippen LogP contribution in [0.3, 0.4) is 0 Å². The molecule has 4 rings (SSSR count). The van der Waals surface area contributed by atoms with Crippen molar-refractivity contribution < 1.29 is 4.79 Å². The molecule has 0 aliphatic carbocycles. The molecule has 25 heavy (non-hydrogen) atoms. The van der Waals surface area contributed by atoms with Crippen LogP contribution in [0.25, 0.3) is 4.91 Å². The molecule has 3 aromatic rings. The van der Waals surface area contributed by atoms with Gasteiger partial charge in [-0.25, -0.2) is 0 Å². The van der Waals surface area contributed by atoms with Crippen molar-refractivity contribution in [2.45, 2.75) is 5.92 Å². The first kappa shape index (κ1) is 16.4. The Kier molecular flexibility index (Phi) is 4.86. The molecule has 1 nitrogen and oxygen atoms in total. The molecular formula is C22H18OS2. The largest absolute Gasteiger partial charge is 0.294 e. The Morgan fingerprint density at radius 1 is 0.920 bits per heavy atom. The van der Waals surface area contributed by atoms with Gasteiger partial charge in [-0.15, -0.1) is 11.8 Å². The zero-order valence-electron chi connectivity index (χ0n) is 13.7. The Balaban J connectivity index is 1.73. The topological polar surface area (TPSA) is 17.1 Å². The van der Waals surface area contributed by atoms with Crippen LogP contribution >= 0.6 is 23.1 Å². The Morgan fingerprint density at radius 2 is 1.64 bits per heavy atom. The first-order chi connectivity index (χ1) is 12.3. The Hall–Kier alpha value is -2.10. The van der Waals surface area contributed by atoms with E-state index in [2.05, 4.69) is 54.6 Å². The first-order valence-corrected chi connectivity index (χ1v) is 10.3. The predicted octanol–water partition coefficient (Wildman–Crippen LogP) is 6.12. The average molecular weight is 363 g/mol. The minimum atomic E-state index is -0.0190. The lowest BCUT2D eigenvalue weighted by atomic mass is 9.82. The van der Waals surface area contributed by atoms with Crippen LogP contribution in [-0.4, -0.2) is 11.5 Å². The number of hydrogen-bond donors (Lipinski definition) is 0. The van der Waals surface area contributed by atoms with Crippen molar-refractivity contribution in [2.24, 2.45) is 5.92 Å². The summed E-state index contributed by atoms with van der Waals surface area (Å²) in [6.07, 6.45) is 2.29. The fraction of sp³-hybridized carbons (Fsp3) is 0.136. The van der Waals surface area contributed by atoms with E-state index in [1.165, 1.54) is 16.0 Å². The van der Waals surface area contributed by atoms with E-state index in [1.54, 1.807) is 23.1 Å². The summed E-state index contributed by atoms with van der Waals surface area (Å²) in [6.45, 7) is 0. The lowest BCUT2D eigenvalue weighted by Crippen LogP contribution is -2.26. The van der Waals surface area contributed by atoms with Gasteiger partial charge < -0.3 is 0 Å². The van der Waals surface area contributed by atoms with Crippen LogP contribution in [0.5, 0.6) is 0 Å². The number of thioether (sulfide) groups is 1. The molecule has 0 N–H and O–H groups in total.